The highest BCUT2D eigenvalue weighted by Crippen LogP contribution is 2.38. The van der Waals surface area contributed by atoms with Gasteiger partial charge in [0.05, 0.1) is 9.90 Å². The average Bonchev–Trinajstić information content (AvgIpc) is 3.18. The highest BCUT2D eigenvalue weighted by molar-refractivity contribution is 7.12. The smallest absolute Gasteiger partial charge is 0.422 e. The fraction of sp³-hybridized carbons (Fsp3) is 0.150. The molecule has 0 saturated carbocycles. The number of nitrogens with one attached hydrogen (secondary N) is 1. The average molecular weight is 498 g/mol. The maximum atomic E-state index is 14.0. The maximum Gasteiger partial charge on any atom is 0.422 e. The van der Waals surface area contributed by atoms with E-state index in [2.05, 4.69) is 0 Å². The number of hydrogen-bond donors (Lipinski definition) is 1. The van der Waals surface area contributed by atoms with Crippen molar-refractivity contribution in [1.29, 1.82) is 0 Å². The van der Waals surface area contributed by atoms with Gasteiger partial charge in [-0.2, -0.15) is 13.2 Å². The van der Waals surface area contributed by atoms with E-state index in [-0.39, 0.29) is 11.5 Å². The summed E-state index contributed by atoms with van der Waals surface area (Å²) in [6.45, 7) is 1.79. The summed E-state index contributed by atoms with van der Waals surface area (Å²) in [5, 5.41) is 3.39. The van der Waals surface area contributed by atoms with Crippen LogP contribution in [0.2, 0.25) is 5.02 Å². The van der Waals surface area contributed by atoms with Gasteiger partial charge in [-0.25, -0.2) is 17.6 Å². The van der Waals surface area contributed by atoms with Gasteiger partial charge in [-0.1, -0.05) is 17.7 Å². The van der Waals surface area contributed by atoms with Gasteiger partial charge in [-0.15, -0.1) is 11.3 Å². The fourth-order valence-electron chi connectivity index (χ4n) is 2.62. The Hall–Kier alpha value is -2.79. The van der Waals surface area contributed by atoms with Crippen molar-refractivity contribution in [2.24, 2.45) is 0 Å². The number of rotatable bonds is 5. The van der Waals surface area contributed by atoms with Crippen LogP contribution in [0.1, 0.15) is 26.4 Å². The lowest BCUT2D eigenvalue weighted by atomic mass is 10.1. The number of alkyl halides is 3. The van der Waals surface area contributed by atoms with Gasteiger partial charge in [0, 0.05) is 5.56 Å². The van der Waals surface area contributed by atoms with Crippen LogP contribution in [0.25, 0.3) is 0 Å². The van der Waals surface area contributed by atoms with Crippen molar-refractivity contribution in [2.45, 2.75) is 19.7 Å². The number of thiophene rings is 1. The van der Waals surface area contributed by atoms with E-state index in [1.807, 2.05) is 6.92 Å². The first kappa shape index (κ1) is 23.9. The minimum absolute atomic E-state index is 0.0286. The number of carbonyl (C=O) groups excluding carboxylic acids is 1. The minimum atomic E-state index is -5.68. The molecule has 1 aromatic heterocycles. The molecule has 0 aliphatic carbocycles. The Morgan fingerprint density at radius 3 is 2.28 bits per heavy atom. The van der Waals surface area contributed by atoms with Crippen LogP contribution < -0.4 is 10.1 Å². The van der Waals surface area contributed by atoms with E-state index in [0.717, 1.165) is 16.9 Å². The van der Waals surface area contributed by atoms with Crippen molar-refractivity contribution in [1.82, 2.24) is 0 Å². The normalized spacial score (nSPS) is 11.5. The zero-order valence-corrected chi connectivity index (χ0v) is 17.4. The first-order chi connectivity index (χ1) is 14.9. The van der Waals surface area contributed by atoms with Crippen LogP contribution >= 0.6 is 22.9 Å². The molecule has 3 rings (SSSR count). The van der Waals surface area contributed by atoms with E-state index >= 15 is 0 Å². The maximum absolute atomic E-state index is 14.0. The molecule has 2 aromatic carbocycles. The van der Waals surface area contributed by atoms with Crippen molar-refractivity contribution < 1.29 is 40.3 Å². The van der Waals surface area contributed by atoms with Gasteiger partial charge in [0.1, 0.15) is 23.6 Å². The summed E-state index contributed by atoms with van der Waals surface area (Å²) in [6.07, 6.45) is -5.68. The van der Waals surface area contributed by atoms with Gasteiger partial charge in [0.25, 0.3) is 5.91 Å². The van der Waals surface area contributed by atoms with Crippen molar-refractivity contribution in [3.05, 3.63) is 79.5 Å². The third-order valence-electron chi connectivity index (χ3n) is 4.14. The fourth-order valence-corrected chi connectivity index (χ4v) is 3.58. The van der Waals surface area contributed by atoms with E-state index in [0.29, 0.717) is 16.3 Å². The van der Waals surface area contributed by atoms with Gasteiger partial charge in [0.2, 0.25) is 0 Å². The van der Waals surface area contributed by atoms with Crippen molar-refractivity contribution >= 4 is 34.5 Å². The van der Waals surface area contributed by atoms with E-state index in [4.69, 9.17) is 16.3 Å². The van der Waals surface area contributed by atoms with Crippen molar-refractivity contribution in [2.75, 3.05) is 5.32 Å². The standard InChI is InChI=1S/C20H11ClF7NO2S/c1-8-2-3-10(21)11(4-8)31-6-9-5-12(32-7-9)19(30)29-18-16(24)14(22)13(20(26,27)28)15(23)17(18)25/h2-5,7H,6H2,1H3,(H,29,30). The molecule has 12 heteroatoms. The lowest BCUT2D eigenvalue weighted by molar-refractivity contribution is -0.143. The number of carbonyl (C=O) groups is 1. The van der Waals surface area contributed by atoms with Gasteiger partial charge < -0.3 is 10.1 Å². The molecule has 32 heavy (non-hydrogen) atoms. The van der Waals surface area contributed by atoms with Gasteiger partial charge in [-0.3, -0.25) is 4.79 Å². The Labute approximate surface area is 185 Å². The van der Waals surface area contributed by atoms with Crippen LogP contribution in [-0.2, 0) is 12.8 Å². The molecular weight excluding hydrogens is 487 g/mol. The zero-order valence-electron chi connectivity index (χ0n) is 15.8. The molecule has 3 nitrogen and oxygen atoms in total. The molecule has 1 amide bonds. The Bertz CT molecular complexity index is 1160. The quantitative estimate of drug-likeness (QED) is 0.301. The Morgan fingerprint density at radius 1 is 1.06 bits per heavy atom. The molecule has 0 unspecified atom stereocenters. The number of ether oxygens (including phenoxy) is 1. The first-order valence-electron chi connectivity index (χ1n) is 8.61. The second-order valence-electron chi connectivity index (χ2n) is 6.50. The lowest BCUT2D eigenvalue weighted by Gasteiger charge is -2.14. The molecule has 0 spiro atoms. The number of anilines is 1. The Kier molecular flexibility index (Phi) is 6.70. The van der Waals surface area contributed by atoms with Crippen molar-refractivity contribution in [3.8, 4) is 5.75 Å². The molecule has 0 aliphatic rings. The first-order valence-corrected chi connectivity index (χ1v) is 9.86. The van der Waals surface area contributed by atoms with Crippen LogP contribution in [0.5, 0.6) is 5.75 Å². The summed E-state index contributed by atoms with van der Waals surface area (Å²) in [5.41, 5.74) is -3.05. The summed E-state index contributed by atoms with van der Waals surface area (Å²) in [7, 11) is 0. The molecule has 1 heterocycles. The zero-order chi connectivity index (χ0) is 23.8. The van der Waals surface area contributed by atoms with E-state index in [1.165, 1.54) is 11.4 Å². The van der Waals surface area contributed by atoms with Crippen LogP contribution in [0.15, 0.2) is 29.6 Å². The minimum Gasteiger partial charge on any atom is -0.487 e. The molecular formula is C20H11ClF7NO2S. The summed E-state index contributed by atoms with van der Waals surface area (Å²) in [4.78, 5) is 12.1. The van der Waals surface area contributed by atoms with Gasteiger partial charge in [-0.05, 0) is 36.1 Å². The van der Waals surface area contributed by atoms with Crippen molar-refractivity contribution in [3.63, 3.8) is 0 Å². The number of aryl methyl sites for hydroxylation is 1. The summed E-state index contributed by atoms with van der Waals surface area (Å²) in [6, 6.07) is 6.36. The molecule has 0 atom stereocenters. The molecule has 170 valence electrons. The molecule has 1 N–H and O–H groups in total. The lowest BCUT2D eigenvalue weighted by Crippen LogP contribution is -2.19. The molecule has 3 aromatic rings. The molecule has 0 fully saturated rings. The highest BCUT2D eigenvalue weighted by Gasteiger charge is 2.42. The molecule has 0 aliphatic heterocycles. The summed E-state index contributed by atoms with van der Waals surface area (Å²) >= 11 is 6.82. The van der Waals surface area contributed by atoms with Gasteiger partial charge >= 0.3 is 6.18 Å². The predicted molar refractivity (Wildman–Crippen MR) is 104 cm³/mol. The second kappa shape index (κ2) is 8.99. The highest BCUT2D eigenvalue weighted by atomic mass is 35.5. The van der Waals surface area contributed by atoms with E-state index < -0.39 is 46.6 Å². The topological polar surface area (TPSA) is 38.3 Å². The second-order valence-corrected chi connectivity index (χ2v) is 7.82. The third-order valence-corrected chi connectivity index (χ3v) is 5.43. The number of hydrogen-bond acceptors (Lipinski definition) is 3. The van der Waals surface area contributed by atoms with E-state index in [9.17, 15) is 35.5 Å². The van der Waals surface area contributed by atoms with E-state index in [1.54, 1.807) is 23.5 Å². The molecule has 0 bridgehead atoms. The SMILES string of the molecule is Cc1ccc(Cl)c(OCc2csc(C(=O)Nc3c(F)c(F)c(C(F)(F)F)c(F)c3F)c2)c1. The van der Waals surface area contributed by atoms with Gasteiger partial charge in [0.15, 0.2) is 23.3 Å². The number of benzene rings is 2. The predicted octanol–water partition coefficient (Wildman–Crippen LogP) is 7.12. The van der Waals surface area contributed by atoms with Crippen LogP contribution in [0, 0.1) is 30.2 Å². The number of halogens is 8. The Balaban J connectivity index is 1.79. The number of amides is 1. The molecule has 0 radical (unpaired) electrons. The van der Waals surface area contributed by atoms with Crippen LogP contribution in [0.3, 0.4) is 0 Å². The summed E-state index contributed by atoms with van der Waals surface area (Å²) < 4.78 is 98.8. The Morgan fingerprint density at radius 2 is 1.69 bits per heavy atom. The van der Waals surface area contributed by atoms with Crippen LogP contribution in [-0.4, -0.2) is 5.91 Å². The van der Waals surface area contributed by atoms with Crippen LogP contribution in [0.4, 0.5) is 36.4 Å². The third kappa shape index (κ3) is 4.83. The largest absolute Gasteiger partial charge is 0.487 e. The monoisotopic (exact) mass is 497 g/mol. The molecule has 0 saturated heterocycles. The summed E-state index contributed by atoms with van der Waals surface area (Å²) in [5.74, 6) is -10.9.